The molecule has 0 saturated heterocycles. The van der Waals surface area contributed by atoms with Crippen LogP contribution in [0.3, 0.4) is 0 Å². The fraction of sp³-hybridized carbons (Fsp3) is 0.458. The van der Waals surface area contributed by atoms with Crippen molar-refractivity contribution < 1.29 is 4.74 Å². The first-order valence-electron chi connectivity index (χ1n) is 10.1. The van der Waals surface area contributed by atoms with E-state index in [4.69, 9.17) is 9.73 Å². The highest BCUT2D eigenvalue weighted by Gasteiger charge is 2.42. The molecule has 1 aliphatic heterocycles. The van der Waals surface area contributed by atoms with Crippen LogP contribution in [0, 0.1) is 11.3 Å². The fourth-order valence-corrected chi connectivity index (χ4v) is 7.41. The summed E-state index contributed by atoms with van der Waals surface area (Å²) in [7, 11) is -0.411. The van der Waals surface area contributed by atoms with Crippen LogP contribution in [0.5, 0.6) is 0 Å². The molecule has 1 fully saturated rings. The van der Waals surface area contributed by atoms with Gasteiger partial charge < -0.3 is 4.74 Å². The lowest BCUT2D eigenvalue weighted by Crippen LogP contribution is -2.29. The van der Waals surface area contributed by atoms with Gasteiger partial charge in [-0.15, -0.1) is 0 Å². The first-order chi connectivity index (χ1) is 13.0. The fourth-order valence-electron chi connectivity index (χ4n) is 4.29. The van der Waals surface area contributed by atoms with Crippen molar-refractivity contribution in [2.45, 2.75) is 51.7 Å². The summed E-state index contributed by atoms with van der Waals surface area (Å²) < 4.78 is 6.19. The number of benzene rings is 2. The Labute approximate surface area is 164 Å². The summed E-state index contributed by atoms with van der Waals surface area (Å²) in [6.45, 7) is 7.54. The van der Waals surface area contributed by atoms with Gasteiger partial charge in [-0.1, -0.05) is 87.9 Å². The molecule has 0 radical (unpaired) electrons. The number of nitrogens with zero attached hydrogens (tertiary/aromatic N) is 1. The standard InChI is InChI=1S/C24H30NOP/c1-24(2,3)22-17-26-23(25-22)20-15-10-16-21(20)27(18-11-6-4-7-12-18)19-13-8-5-9-14-19/h4-9,11-14,20-22H,10,15-17H2,1-3H3/t20?,21?,22-/m1/s1. The predicted molar refractivity (Wildman–Crippen MR) is 117 cm³/mol. The van der Waals surface area contributed by atoms with E-state index >= 15 is 0 Å². The minimum atomic E-state index is -0.411. The maximum atomic E-state index is 6.19. The normalized spacial score (nSPS) is 25.5. The molecule has 1 heterocycles. The van der Waals surface area contributed by atoms with Crippen LogP contribution in [-0.4, -0.2) is 24.2 Å². The molecule has 0 spiro atoms. The lowest BCUT2D eigenvalue weighted by molar-refractivity contribution is 0.229. The first-order valence-corrected chi connectivity index (χ1v) is 11.5. The predicted octanol–water partition coefficient (Wildman–Crippen LogP) is 5.13. The molecule has 3 heteroatoms. The van der Waals surface area contributed by atoms with Crippen LogP contribution in [-0.2, 0) is 4.74 Å². The second-order valence-corrected chi connectivity index (χ2v) is 11.2. The summed E-state index contributed by atoms with van der Waals surface area (Å²) in [6, 6.07) is 22.5. The Kier molecular flexibility index (Phi) is 5.37. The molecule has 4 rings (SSSR count). The molecule has 2 aromatic rings. The van der Waals surface area contributed by atoms with E-state index in [1.165, 1.54) is 29.9 Å². The molecule has 1 saturated carbocycles. The lowest BCUT2D eigenvalue weighted by Gasteiger charge is -2.29. The quantitative estimate of drug-likeness (QED) is 0.675. The van der Waals surface area contributed by atoms with Gasteiger partial charge >= 0.3 is 0 Å². The van der Waals surface area contributed by atoms with Crippen LogP contribution in [0.15, 0.2) is 65.7 Å². The van der Waals surface area contributed by atoms with Gasteiger partial charge in [0, 0.05) is 5.92 Å². The van der Waals surface area contributed by atoms with E-state index in [0.717, 1.165) is 12.5 Å². The van der Waals surface area contributed by atoms with E-state index < -0.39 is 7.92 Å². The second kappa shape index (κ2) is 7.76. The Balaban J connectivity index is 1.68. The topological polar surface area (TPSA) is 21.6 Å². The van der Waals surface area contributed by atoms with Gasteiger partial charge in [-0.25, -0.2) is 4.99 Å². The highest BCUT2D eigenvalue weighted by atomic mass is 31.1. The third kappa shape index (κ3) is 3.97. The number of rotatable bonds is 4. The van der Waals surface area contributed by atoms with E-state index in [1.54, 1.807) is 0 Å². The number of hydrogen-bond donors (Lipinski definition) is 0. The molecule has 0 aromatic heterocycles. The molecule has 0 N–H and O–H groups in total. The number of hydrogen-bond acceptors (Lipinski definition) is 2. The van der Waals surface area contributed by atoms with Gasteiger partial charge in [-0.2, -0.15) is 0 Å². The zero-order valence-corrected chi connectivity index (χ0v) is 17.5. The van der Waals surface area contributed by atoms with E-state index in [9.17, 15) is 0 Å². The van der Waals surface area contributed by atoms with Crippen LogP contribution in [0.4, 0.5) is 0 Å². The van der Waals surface area contributed by atoms with Crippen molar-refractivity contribution in [3.63, 3.8) is 0 Å². The molecule has 0 amide bonds. The Morgan fingerprint density at radius 1 is 0.889 bits per heavy atom. The molecule has 3 atom stereocenters. The van der Waals surface area contributed by atoms with E-state index in [1.807, 2.05) is 0 Å². The summed E-state index contributed by atoms with van der Waals surface area (Å²) in [5.41, 5.74) is 0.779. The van der Waals surface area contributed by atoms with Gasteiger partial charge in [-0.3, -0.25) is 0 Å². The van der Waals surface area contributed by atoms with E-state index in [2.05, 4.69) is 81.4 Å². The SMILES string of the molecule is CC(C)(C)[C@H]1COC(C2CCCC2P(c2ccccc2)c2ccccc2)=N1. The third-order valence-corrected chi connectivity index (χ3v) is 8.86. The second-order valence-electron chi connectivity index (χ2n) is 8.81. The molecular formula is C24H30NOP. The zero-order chi connectivity index (χ0) is 18.9. The summed E-state index contributed by atoms with van der Waals surface area (Å²) in [6.07, 6.45) is 3.75. The monoisotopic (exact) mass is 379 g/mol. The Morgan fingerprint density at radius 3 is 2.00 bits per heavy atom. The van der Waals surface area contributed by atoms with Gasteiger partial charge in [-0.05, 0) is 42.4 Å². The van der Waals surface area contributed by atoms with Crippen LogP contribution < -0.4 is 10.6 Å². The zero-order valence-electron chi connectivity index (χ0n) is 16.6. The van der Waals surface area contributed by atoms with Crippen molar-refractivity contribution in [1.29, 1.82) is 0 Å². The molecule has 2 nitrogen and oxygen atoms in total. The lowest BCUT2D eigenvalue weighted by atomic mass is 9.88. The summed E-state index contributed by atoms with van der Waals surface area (Å²) >= 11 is 0. The third-order valence-electron chi connectivity index (χ3n) is 5.87. The van der Waals surface area contributed by atoms with Crippen molar-refractivity contribution in [3.05, 3.63) is 60.7 Å². The van der Waals surface area contributed by atoms with Crippen LogP contribution in [0.25, 0.3) is 0 Å². The van der Waals surface area contributed by atoms with E-state index in [0.29, 0.717) is 11.6 Å². The Morgan fingerprint density at radius 2 is 1.48 bits per heavy atom. The highest BCUT2D eigenvalue weighted by molar-refractivity contribution is 7.73. The summed E-state index contributed by atoms with van der Waals surface area (Å²) in [5.74, 6) is 1.50. The van der Waals surface area contributed by atoms with Crippen molar-refractivity contribution in [1.82, 2.24) is 0 Å². The van der Waals surface area contributed by atoms with Crippen LogP contribution in [0.2, 0.25) is 0 Å². The van der Waals surface area contributed by atoms with Crippen molar-refractivity contribution in [3.8, 4) is 0 Å². The smallest absolute Gasteiger partial charge is 0.187 e. The molecule has 27 heavy (non-hydrogen) atoms. The van der Waals surface area contributed by atoms with Crippen LogP contribution >= 0.6 is 7.92 Å². The van der Waals surface area contributed by atoms with Gasteiger partial charge in [0.15, 0.2) is 5.90 Å². The Bertz CT molecular complexity index is 742. The average molecular weight is 379 g/mol. The minimum Gasteiger partial charge on any atom is -0.478 e. The number of aliphatic imine (C=N–C) groups is 1. The summed E-state index contributed by atoms with van der Waals surface area (Å²) in [4.78, 5) is 5.07. The van der Waals surface area contributed by atoms with Crippen molar-refractivity contribution in [2.24, 2.45) is 16.3 Å². The van der Waals surface area contributed by atoms with Gasteiger partial charge in [0.25, 0.3) is 0 Å². The molecule has 142 valence electrons. The summed E-state index contributed by atoms with van der Waals surface area (Å²) in [5, 5.41) is 2.95. The molecular weight excluding hydrogens is 349 g/mol. The van der Waals surface area contributed by atoms with Crippen molar-refractivity contribution >= 4 is 24.4 Å². The minimum absolute atomic E-state index is 0.166. The highest BCUT2D eigenvalue weighted by Crippen LogP contribution is 2.51. The first kappa shape index (κ1) is 18.7. The van der Waals surface area contributed by atoms with Crippen molar-refractivity contribution in [2.75, 3.05) is 6.61 Å². The molecule has 2 aliphatic rings. The van der Waals surface area contributed by atoms with Gasteiger partial charge in [0.2, 0.25) is 0 Å². The van der Waals surface area contributed by atoms with Crippen LogP contribution in [0.1, 0.15) is 40.0 Å². The number of ether oxygens (including phenoxy) is 1. The van der Waals surface area contributed by atoms with Gasteiger partial charge in [0.1, 0.15) is 6.61 Å². The van der Waals surface area contributed by atoms with Gasteiger partial charge in [0.05, 0.1) is 6.04 Å². The molecule has 2 aromatic carbocycles. The van der Waals surface area contributed by atoms with E-state index in [-0.39, 0.29) is 11.5 Å². The average Bonchev–Trinajstić information content (AvgIpc) is 3.33. The maximum absolute atomic E-state index is 6.19. The molecule has 0 bridgehead atoms. The largest absolute Gasteiger partial charge is 0.478 e. The molecule has 2 unspecified atom stereocenters. The molecule has 1 aliphatic carbocycles. The maximum Gasteiger partial charge on any atom is 0.187 e. The Hall–Kier alpha value is -1.66.